The summed E-state index contributed by atoms with van der Waals surface area (Å²) in [5.41, 5.74) is 5.68. The molecule has 1 heterocycles. The molecule has 1 rings (SSSR count). The van der Waals surface area contributed by atoms with Crippen LogP contribution in [-0.2, 0) is 0 Å². The summed E-state index contributed by atoms with van der Waals surface area (Å²) in [7, 11) is 1.47. The SMILES string of the molecule is COc1ncnc(Cl)c1N. The molecule has 0 saturated carbocycles. The van der Waals surface area contributed by atoms with Crippen LogP contribution in [0.5, 0.6) is 5.88 Å². The van der Waals surface area contributed by atoms with Gasteiger partial charge in [-0.15, -0.1) is 0 Å². The third kappa shape index (κ3) is 1.11. The third-order valence-electron chi connectivity index (χ3n) is 0.992. The number of ether oxygens (including phenoxy) is 1. The molecule has 0 saturated heterocycles. The molecule has 0 fully saturated rings. The van der Waals surface area contributed by atoms with Crippen molar-refractivity contribution in [1.82, 2.24) is 9.97 Å². The highest BCUT2D eigenvalue weighted by molar-refractivity contribution is 6.32. The zero-order valence-electron chi connectivity index (χ0n) is 5.34. The van der Waals surface area contributed by atoms with Gasteiger partial charge in [0.15, 0.2) is 5.15 Å². The number of aromatic nitrogens is 2. The number of rotatable bonds is 1. The van der Waals surface area contributed by atoms with E-state index in [9.17, 15) is 0 Å². The lowest BCUT2D eigenvalue weighted by molar-refractivity contribution is 0.399. The highest BCUT2D eigenvalue weighted by atomic mass is 35.5. The van der Waals surface area contributed by atoms with Gasteiger partial charge >= 0.3 is 0 Å². The van der Waals surface area contributed by atoms with Crippen molar-refractivity contribution in [3.63, 3.8) is 0 Å². The lowest BCUT2D eigenvalue weighted by atomic mass is 10.5. The van der Waals surface area contributed by atoms with E-state index in [4.69, 9.17) is 22.1 Å². The van der Waals surface area contributed by atoms with Gasteiger partial charge in [-0.2, -0.15) is 4.98 Å². The van der Waals surface area contributed by atoms with Crippen molar-refractivity contribution in [3.8, 4) is 5.88 Å². The van der Waals surface area contributed by atoms with Crippen molar-refractivity contribution >= 4 is 17.3 Å². The Morgan fingerprint density at radius 2 is 2.30 bits per heavy atom. The average molecular weight is 160 g/mol. The van der Waals surface area contributed by atoms with E-state index in [-0.39, 0.29) is 10.8 Å². The molecule has 0 aliphatic heterocycles. The Balaban J connectivity index is 3.14. The summed E-state index contributed by atoms with van der Waals surface area (Å²) in [4.78, 5) is 7.35. The topological polar surface area (TPSA) is 61.0 Å². The second-order valence-corrected chi connectivity index (χ2v) is 1.95. The Bertz CT molecular complexity index is 240. The molecule has 1 aromatic rings. The first-order valence-corrected chi connectivity index (χ1v) is 2.93. The van der Waals surface area contributed by atoms with E-state index in [0.29, 0.717) is 5.88 Å². The van der Waals surface area contributed by atoms with Crippen LogP contribution in [0.1, 0.15) is 0 Å². The molecule has 5 heteroatoms. The molecule has 0 aliphatic carbocycles. The van der Waals surface area contributed by atoms with Gasteiger partial charge in [-0.1, -0.05) is 11.6 Å². The number of anilines is 1. The Labute approximate surface area is 63.0 Å². The second kappa shape index (κ2) is 2.70. The molecule has 4 nitrogen and oxygen atoms in total. The minimum Gasteiger partial charge on any atom is -0.479 e. The van der Waals surface area contributed by atoms with Gasteiger partial charge in [0.25, 0.3) is 0 Å². The monoisotopic (exact) mass is 159 g/mol. The minimum atomic E-state index is 0.215. The standard InChI is InChI=1S/C5H6ClN3O/c1-10-5-3(7)4(6)8-2-9-5/h2H,7H2,1H3. The van der Waals surface area contributed by atoms with Gasteiger partial charge in [0.1, 0.15) is 12.0 Å². The predicted octanol–water partition coefficient (Wildman–Crippen LogP) is 0.721. The minimum absolute atomic E-state index is 0.215. The molecule has 0 spiro atoms. The first-order chi connectivity index (χ1) is 4.75. The number of nitrogens with two attached hydrogens (primary N) is 1. The van der Waals surface area contributed by atoms with E-state index in [2.05, 4.69) is 9.97 Å². The molecule has 0 aromatic carbocycles. The molecule has 10 heavy (non-hydrogen) atoms. The molecular weight excluding hydrogens is 154 g/mol. The van der Waals surface area contributed by atoms with Crippen LogP contribution in [0.25, 0.3) is 0 Å². The first-order valence-electron chi connectivity index (χ1n) is 2.55. The van der Waals surface area contributed by atoms with Crippen molar-refractivity contribution < 1.29 is 4.74 Å². The number of methoxy groups -OCH3 is 1. The zero-order chi connectivity index (χ0) is 7.56. The number of halogens is 1. The van der Waals surface area contributed by atoms with Gasteiger partial charge in [-0.05, 0) is 0 Å². The largest absolute Gasteiger partial charge is 0.479 e. The number of hydrogen-bond donors (Lipinski definition) is 1. The summed E-state index contributed by atoms with van der Waals surface area (Å²) in [6.45, 7) is 0. The van der Waals surface area contributed by atoms with Gasteiger partial charge in [0.05, 0.1) is 7.11 Å². The van der Waals surface area contributed by atoms with E-state index in [1.165, 1.54) is 13.4 Å². The van der Waals surface area contributed by atoms with E-state index in [1.54, 1.807) is 0 Å². The van der Waals surface area contributed by atoms with E-state index >= 15 is 0 Å². The van der Waals surface area contributed by atoms with Gasteiger partial charge in [-0.3, -0.25) is 0 Å². The summed E-state index contributed by atoms with van der Waals surface area (Å²) >= 11 is 5.54. The summed E-state index contributed by atoms with van der Waals surface area (Å²) in [6, 6.07) is 0. The maximum absolute atomic E-state index is 5.54. The molecule has 0 amide bonds. The molecule has 0 radical (unpaired) electrons. The maximum atomic E-state index is 5.54. The van der Waals surface area contributed by atoms with Crippen LogP contribution >= 0.6 is 11.6 Å². The van der Waals surface area contributed by atoms with Crippen molar-refractivity contribution in [2.45, 2.75) is 0 Å². The predicted molar refractivity (Wildman–Crippen MR) is 38.0 cm³/mol. The van der Waals surface area contributed by atoms with Crippen LogP contribution in [0, 0.1) is 0 Å². The highest BCUT2D eigenvalue weighted by Gasteiger charge is 2.03. The molecule has 0 aliphatic rings. The molecule has 54 valence electrons. The highest BCUT2D eigenvalue weighted by Crippen LogP contribution is 2.22. The van der Waals surface area contributed by atoms with Gasteiger partial charge in [0, 0.05) is 0 Å². The van der Waals surface area contributed by atoms with Gasteiger partial charge in [0.2, 0.25) is 5.88 Å². The Morgan fingerprint density at radius 3 is 2.80 bits per heavy atom. The third-order valence-corrected chi connectivity index (χ3v) is 1.29. The summed E-state index contributed by atoms with van der Waals surface area (Å²) < 4.78 is 4.77. The lowest BCUT2D eigenvalue weighted by Crippen LogP contribution is -1.96. The zero-order valence-corrected chi connectivity index (χ0v) is 6.09. The van der Waals surface area contributed by atoms with Crippen molar-refractivity contribution in [2.24, 2.45) is 0 Å². The van der Waals surface area contributed by atoms with Crippen LogP contribution in [-0.4, -0.2) is 17.1 Å². The average Bonchev–Trinajstić information content (AvgIpc) is 1.95. The lowest BCUT2D eigenvalue weighted by Gasteiger charge is -2.01. The summed E-state index contributed by atoms with van der Waals surface area (Å²) in [5, 5.41) is 0.215. The van der Waals surface area contributed by atoms with Crippen molar-refractivity contribution in [2.75, 3.05) is 12.8 Å². The number of nitrogens with zero attached hydrogens (tertiary/aromatic N) is 2. The van der Waals surface area contributed by atoms with Crippen molar-refractivity contribution in [3.05, 3.63) is 11.5 Å². The molecule has 0 unspecified atom stereocenters. The van der Waals surface area contributed by atoms with Gasteiger partial charge in [-0.25, -0.2) is 4.98 Å². The maximum Gasteiger partial charge on any atom is 0.241 e. The van der Waals surface area contributed by atoms with Crippen LogP contribution in [0.3, 0.4) is 0 Å². The summed E-state index contributed by atoms with van der Waals surface area (Å²) in [5.74, 6) is 0.306. The molecule has 2 N–H and O–H groups in total. The van der Waals surface area contributed by atoms with Crippen LogP contribution in [0.2, 0.25) is 5.15 Å². The molecule has 1 aromatic heterocycles. The molecule has 0 bridgehead atoms. The van der Waals surface area contributed by atoms with Gasteiger partial charge < -0.3 is 10.5 Å². The summed E-state index contributed by atoms with van der Waals surface area (Å²) in [6.07, 6.45) is 1.29. The van der Waals surface area contributed by atoms with Crippen LogP contribution in [0.4, 0.5) is 5.69 Å². The fourth-order valence-corrected chi connectivity index (χ4v) is 0.646. The van der Waals surface area contributed by atoms with E-state index in [0.717, 1.165) is 0 Å². The number of hydrogen-bond acceptors (Lipinski definition) is 4. The van der Waals surface area contributed by atoms with Crippen molar-refractivity contribution in [1.29, 1.82) is 0 Å². The van der Waals surface area contributed by atoms with E-state index in [1.807, 2.05) is 0 Å². The fraction of sp³-hybridized carbons (Fsp3) is 0.200. The first kappa shape index (κ1) is 7.08. The molecule has 0 atom stereocenters. The smallest absolute Gasteiger partial charge is 0.241 e. The van der Waals surface area contributed by atoms with Crippen LogP contribution < -0.4 is 10.5 Å². The Morgan fingerprint density at radius 1 is 1.60 bits per heavy atom. The quantitative estimate of drug-likeness (QED) is 0.614. The Kier molecular flexibility index (Phi) is 1.91. The molecular formula is C5H6ClN3O. The fourth-order valence-electron chi connectivity index (χ4n) is 0.522. The normalized spacial score (nSPS) is 9.40. The second-order valence-electron chi connectivity index (χ2n) is 1.59. The number of nitrogen functional groups attached to an aromatic ring is 1. The van der Waals surface area contributed by atoms with E-state index < -0.39 is 0 Å². The van der Waals surface area contributed by atoms with Crippen LogP contribution in [0.15, 0.2) is 6.33 Å². The Hall–Kier alpha value is -1.03.